The fourth-order valence-electron chi connectivity index (χ4n) is 1.24. The van der Waals surface area contributed by atoms with Crippen molar-refractivity contribution in [1.82, 2.24) is 4.90 Å². The van der Waals surface area contributed by atoms with Gasteiger partial charge in [0.05, 0.1) is 0 Å². The van der Waals surface area contributed by atoms with Crippen molar-refractivity contribution in [1.29, 1.82) is 0 Å². The second-order valence-corrected chi connectivity index (χ2v) is 3.04. The summed E-state index contributed by atoms with van der Waals surface area (Å²) < 4.78 is 4.81. The summed E-state index contributed by atoms with van der Waals surface area (Å²) in [6.45, 7) is 1.70. The monoisotopic (exact) mass is 259 g/mol. The number of halogens is 1. The minimum atomic E-state index is -0.287. The number of nitrogens with zero attached hydrogens (tertiary/aromatic N) is 1. The summed E-state index contributed by atoms with van der Waals surface area (Å²) in [5.74, 6) is 1.98. The molecule has 0 radical (unpaired) electrons. The van der Waals surface area contributed by atoms with Crippen molar-refractivity contribution in [3.05, 3.63) is 11.6 Å². The molecule has 0 aromatic heterocycles. The Morgan fingerprint density at radius 1 is 1.79 bits per heavy atom. The van der Waals surface area contributed by atoms with E-state index >= 15 is 0 Å². The summed E-state index contributed by atoms with van der Waals surface area (Å²) >= 11 is 0. The smallest absolute Gasteiger partial charge is 0.335 e. The molecule has 1 aliphatic rings. The predicted molar refractivity (Wildman–Crippen MR) is 60.3 cm³/mol. The van der Waals surface area contributed by atoms with Crippen LogP contribution in [-0.4, -0.2) is 37.6 Å². The zero-order chi connectivity index (χ0) is 9.68. The molecule has 1 aliphatic heterocycles. The van der Waals surface area contributed by atoms with E-state index in [9.17, 15) is 4.79 Å². The van der Waals surface area contributed by atoms with Crippen molar-refractivity contribution in [2.45, 2.75) is 6.42 Å². The molecule has 0 amide bonds. The van der Waals surface area contributed by atoms with Gasteiger partial charge < -0.3 is 9.64 Å². The molecule has 0 bridgehead atoms. The van der Waals surface area contributed by atoms with Gasteiger partial charge in [0.2, 0.25) is 0 Å². The third-order valence-corrected chi connectivity index (χ3v) is 1.89. The van der Waals surface area contributed by atoms with E-state index < -0.39 is 0 Å². The Morgan fingerprint density at radius 2 is 2.50 bits per heavy atom. The Kier molecular flexibility index (Phi) is 6.26. The van der Waals surface area contributed by atoms with Crippen LogP contribution in [0.3, 0.4) is 0 Å². The number of carbonyl (C=O) groups excluding carboxylic acids is 1. The number of likely N-dealkylation sites (N-methyl/N-ethyl adjacent to an activating group) is 1. The fourth-order valence-corrected chi connectivity index (χ4v) is 1.24. The molecule has 0 spiro atoms. The molecule has 0 saturated carbocycles. The van der Waals surface area contributed by atoms with Crippen LogP contribution in [0.1, 0.15) is 6.42 Å². The highest BCUT2D eigenvalue weighted by molar-refractivity contribution is 8.93. The lowest BCUT2D eigenvalue weighted by Gasteiger charge is -2.21. The van der Waals surface area contributed by atoms with Gasteiger partial charge in [-0.25, -0.2) is 4.79 Å². The lowest BCUT2D eigenvalue weighted by molar-refractivity contribution is -0.138. The Balaban J connectivity index is 0.00000169. The van der Waals surface area contributed by atoms with Crippen LogP contribution in [0.4, 0.5) is 0 Å². The van der Waals surface area contributed by atoms with Crippen molar-refractivity contribution in [2.75, 3.05) is 26.7 Å². The van der Waals surface area contributed by atoms with Crippen molar-refractivity contribution in [3.8, 4) is 12.3 Å². The minimum absolute atomic E-state index is 0. The van der Waals surface area contributed by atoms with Crippen LogP contribution in [0.25, 0.3) is 0 Å². The van der Waals surface area contributed by atoms with Gasteiger partial charge in [-0.2, -0.15) is 0 Å². The van der Waals surface area contributed by atoms with Crippen molar-refractivity contribution < 1.29 is 9.53 Å². The van der Waals surface area contributed by atoms with E-state index in [4.69, 9.17) is 11.2 Å². The van der Waals surface area contributed by atoms with Gasteiger partial charge in [-0.15, -0.1) is 23.4 Å². The highest BCUT2D eigenvalue weighted by atomic mass is 79.9. The van der Waals surface area contributed by atoms with Crippen LogP contribution in [0, 0.1) is 12.3 Å². The van der Waals surface area contributed by atoms with Gasteiger partial charge in [0.25, 0.3) is 0 Å². The first-order valence-electron chi connectivity index (χ1n) is 4.22. The molecule has 4 heteroatoms. The molecular weight excluding hydrogens is 246 g/mol. The van der Waals surface area contributed by atoms with Crippen LogP contribution in [0.15, 0.2) is 11.6 Å². The average molecular weight is 260 g/mol. The van der Waals surface area contributed by atoms with E-state index in [0.29, 0.717) is 12.1 Å². The third-order valence-electron chi connectivity index (χ3n) is 1.89. The molecule has 0 saturated heterocycles. The van der Waals surface area contributed by atoms with Crippen LogP contribution in [-0.2, 0) is 9.53 Å². The lowest BCUT2D eigenvalue weighted by Crippen LogP contribution is -2.29. The number of hydrogen-bond acceptors (Lipinski definition) is 3. The highest BCUT2D eigenvalue weighted by Gasteiger charge is 2.15. The summed E-state index contributed by atoms with van der Waals surface area (Å²) in [6.07, 6.45) is 7.79. The summed E-state index contributed by atoms with van der Waals surface area (Å²) in [4.78, 5) is 13.4. The molecule has 14 heavy (non-hydrogen) atoms. The standard InChI is InChI=1S/C10H13NO2.BrH/c1-3-7-13-10(12)9-5-4-6-11(2)8-9;/h1,5H,4,6-8H2,2H3;1H. The lowest BCUT2D eigenvalue weighted by atomic mass is 10.1. The second kappa shape index (κ2) is 6.63. The molecule has 0 aromatic rings. The van der Waals surface area contributed by atoms with Gasteiger partial charge in [0.15, 0.2) is 6.61 Å². The quantitative estimate of drug-likeness (QED) is 0.548. The van der Waals surface area contributed by atoms with Crippen LogP contribution in [0.5, 0.6) is 0 Å². The van der Waals surface area contributed by atoms with Gasteiger partial charge in [-0.05, 0) is 13.5 Å². The molecular formula is C10H14BrNO2. The summed E-state index contributed by atoms with van der Waals surface area (Å²) in [5, 5.41) is 0. The van der Waals surface area contributed by atoms with Crippen LogP contribution in [0.2, 0.25) is 0 Å². The number of rotatable bonds is 2. The Labute approximate surface area is 94.9 Å². The van der Waals surface area contributed by atoms with Crippen LogP contribution < -0.4 is 0 Å². The molecule has 0 unspecified atom stereocenters. The molecule has 0 fully saturated rings. The molecule has 1 rings (SSSR count). The van der Waals surface area contributed by atoms with E-state index in [1.165, 1.54) is 0 Å². The van der Waals surface area contributed by atoms with Crippen molar-refractivity contribution in [3.63, 3.8) is 0 Å². The summed E-state index contributed by atoms with van der Waals surface area (Å²) in [5.41, 5.74) is 0.712. The van der Waals surface area contributed by atoms with E-state index in [2.05, 4.69) is 10.8 Å². The van der Waals surface area contributed by atoms with Crippen molar-refractivity contribution in [2.24, 2.45) is 0 Å². The number of esters is 1. The average Bonchev–Trinajstić information content (AvgIpc) is 2.14. The van der Waals surface area contributed by atoms with E-state index in [1.54, 1.807) is 0 Å². The van der Waals surface area contributed by atoms with Crippen LogP contribution >= 0.6 is 17.0 Å². The minimum Gasteiger partial charge on any atom is -0.449 e. The number of ether oxygens (including phenoxy) is 1. The van der Waals surface area contributed by atoms with Crippen molar-refractivity contribution >= 4 is 23.0 Å². The molecule has 3 nitrogen and oxygen atoms in total. The molecule has 0 N–H and O–H groups in total. The Bertz CT molecular complexity index is 268. The van der Waals surface area contributed by atoms with E-state index in [1.807, 2.05) is 13.1 Å². The SMILES string of the molecule is Br.C#CCOC(=O)C1=CCCN(C)C1. The molecule has 0 aliphatic carbocycles. The zero-order valence-electron chi connectivity index (χ0n) is 8.16. The Hall–Kier alpha value is -0.790. The third kappa shape index (κ3) is 3.95. The maximum atomic E-state index is 11.3. The number of terminal acetylenes is 1. The molecule has 78 valence electrons. The zero-order valence-corrected chi connectivity index (χ0v) is 9.87. The highest BCUT2D eigenvalue weighted by Crippen LogP contribution is 2.08. The molecule has 1 heterocycles. The van der Waals surface area contributed by atoms with Gasteiger partial charge in [-0.3, -0.25) is 0 Å². The maximum absolute atomic E-state index is 11.3. The van der Waals surface area contributed by atoms with E-state index in [-0.39, 0.29) is 29.6 Å². The predicted octanol–water partition coefficient (Wildman–Crippen LogP) is 1.00. The fraction of sp³-hybridized carbons (Fsp3) is 0.500. The molecule has 0 atom stereocenters. The first kappa shape index (κ1) is 13.2. The normalized spacial score (nSPS) is 16.1. The second-order valence-electron chi connectivity index (χ2n) is 3.04. The number of carbonyl (C=O) groups is 1. The van der Waals surface area contributed by atoms with E-state index in [0.717, 1.165) is 13.0 Å². The first-order chi connectivity index (χ1) is 6.24. The molecule has 0 aromatic carbocycles. The van der Waals surface area contributed by atoms with Gasteiger partial charge in [0, 0.05) is 18.7 Å². The van der Waals surface area contributed by atoms with Gasteiger partial charge in [-0.1, -0.05) is 12.0 Å². The van der Waals surface area contributed by atoms with Gasteiger partial charge >= 0.3 is 5.97 Å². The number of hydrogen-bond donors (Lipinski definition) is 0. The maximum Gasteiger partial charge on any atom is 0.335 e. The summed E-state index contributed by atoms with van der Waals surface area (Å²) in [6, 6.07) is 0. The van der Waals surface area contributed by atoms with Gasteiger partial charge in [0.1, 0.15) is 0 Å². The largest absolute Gasteiger partial charge is 0.449 e. The summed E-state index contributed by atoms with van der Waals surface area (Å²) in [7, 11) is 1.97. The first-order valence-corrected chi connectivity index (χ1v) is 4.22. The topological polar surface area (TPSA) is 29.5 Å². The Morgan fingerprint density at radius 3 is 3.07 bits per heavy atom.